The molecule has 0 atom stereocenters. The molecule has 0 saturated carbocycles. The maximum atomic E-state index is 12.4. The van der Waals surface area contributed by atoms with Gasteiger partial charge in [-0.05, 0) is 59.2 Å². The highest BCUT2D eigenvalue weighted by Gasteiger charge is 2.11. The first-order chi connectivity index (χ1) is 13.5. The minimum absolute atomic E-state index is 0.0833. The van der Waals surface area contributed by atoms with Crippen molar-refractivity contribution in [1.29, 1.82) is 0 Å². The average Bonchev–Trinajstić information content (AvgIpc) is 2.69. The first-order valence-electron chi connectivity index (χ1n) is 9.24. The predicted octanol–water partition coefficient (Wildman–Crippen LogP) is 3.89. The van der Waals surface area contributed by atoms with Crippen molar-refractivity contribution >= 4 is 21.6 Å². The fourth-order valence-corrected chi connectivity index (χ4v) is 3.40. The molecule has 0 N–H and O–H groups in total. The van der Waals surface area contributed by atoms with Gasteiger partial charge in [0.05, 0.1) is 19.4 Å². The maximum Gasteiger partial charge on any atom is 0.258 e. The topological polar surface area (TPSA) is 56.1 Å². The van der Waals surface area contributed by atoms with Crippen LogP contribution < -0.4 is 15.0 Å². The monoisotopic (exact) mass is 445 g/mol. The van der Waals surface area contributed by atoms with Crippen LogP contribution in [0.25, 0.3) is 5.65 Å². The SMILES string of the molecule is CCOc1ccc(CN(CC)Cc2cc(=O)n3cc(Br)ccc3n2)cc1OC. The van der Waals surface area contributed by atoms with E-state index < -0.39 is 0 Å². The van der Waals surface area contributed by atoms with E-state index >= 15 is 0 Å². The van der Waals surface area contributed by atoms with Gasteiger partial charge in [-0.15, -0.1) is 0 Å². The third kappa shape index (κ3) is 4.72. The molecular weight excluding hydrogens is 422 g/mol. The summed E-state index contributed by atoms with van der Waals surface area (Å²) in [6.45, 7) is 6.78. The third-order valence-electron chi connectivity index (χ3n) is 4.44. The van der Waals surface area contributed by atoms with Crippen molar-refractivity contribution < 1.29 is 9.47 Å². The number of hydrogen-bond donors (Lipinski definition) is 0. The standard InChI is InChI=1S/C21H24BrN3O3/c1-4-24(12-15-6-8-18(28-5-2)19(10-15)27-3)14-17-11-21(26)25-13-16(22)7-9-20(25)23-17/h6-11,13H,4-5,12,14H2,1-3H3. The first-order valence-corrected chi connectivity index (χ1v) is 10.0. The van der Waals surface area contributed by atoms with Gasteiger partial charge in [0.2, 0.25) is 0 Å². The Hall–Kier alpha value is -2.38. The number of aromatic nitrogens is 2. The highest BCUT2D eigenvalue weighted by molar-refractivity contribution is 9.10. The van der Waals surface area contributed by atoms with Gasteiger partial charge in [0.25, 0.3) is 5.56 Å². The van der Waals surface area contributed by atoms with Gasteiger partial charge in [-0.3, -0.25) is 14.1 Å². The highest BCUT2D eigenvalue weighted by atomic mass is 79.9. The molecule has 0 aliphatic rings. The van der Waals surface area contributed by atoms with Gasteiger partial charge in [-0.1, -0.05) is 13.0 Å². The molecule has 0 saturated heterocycles. The lowest BCUT2D eigenvalue weighted by Gasteiger charge is -2.21. The Morgan fingerprint density at radius 1 is 1.11 bits per heavy atom. The van der Waals surface area contributed by atoms with Gasteiger partial charge in [0.15, 0.2) is 11.5 Å². The van der Waals surface area contributed by atoms with Crippen LogP contribution in [0, 0.1) is 0 Å². The number of ether oxygens (including phenoxy) is 2. The molecule has 0 fully saturated rings. The van der Waals surface area contributed by atoms with Gasteiger partial charge < -0.3 is 9.47 Å². The van der Waals surface area contributed by atoms with Gasteiger partial charge in [0.1, 0.15) is 5.65 Å². The van der Waals surface area contributed by atoms with E-state index in [4.69, 9.17) is 9.47 Å². The molecule has 2 aromatic heterocycles. The summed E-state index contributed by atoms with van der Waals surface area (Å²) in [7, 11) is 1.64. The zero-order valence-electron chi connectivity index (χ0n) is 16.3. The van der Waals surface area contributed by atoms with Crippen LogP contribution in [0.3, 0.4) is 0 Å². The summed E-state index contributed by atoms with van der Waals surface area (Å²) >= 11 is 3.39. The zero-order valence-corrected chi connectivity index (χ0v) is 17.9. The summed E-state index contributed by atoms with van der Waals surface area (Å²) < 4.78 is 13.4. The van der Waals surface area contributed by atoms with Gasteiger partial charge >= 0.3 is 0 Å². The predicted molar refractivity (Wildman–Crippen MR) is 113 cm³/mol. The molecule has 0 bridgehead atoms. The molecule has 28 heavy (non-hydrogen) atoms. The number of methoxy groups -OCH3 is 1. The van der Waals surface area contributed by atoms with E-state index in [1.165, 1.54) is 0 Å². The Morgan fingerprint density at radius 3 is 2.64 bits per heavy atom. The van der Waals surface area contributed by atoms with Gasteiger partial charge in [0, 0.05) is 29.8 Å². The fraction of sp³-hybridized carbons (Fsp3) is 0.333. The lowest BCUT2D eigenvalue weighted by Crippen LogP contribution is -2.25. The van der Waals surface area contributed by atoms with E-state index in [2.05, 4.69) is 32.7 Å². The summed E-state index contributed by atoms with van der Waals surface area (Å²) in [5, 5.41) is 0. The molecule has 2 heterocycles. The Kier molecular flexibility index (Phi) is 6.70. The van der Waals surface area contributed by atoms with Crippen molar-refractivity contribution in [1.82, 2.24) is 14.3 Å². The van der Waals surface area contributed by atoms with Crippen LogP contribution in [0.2, 0.25) is 0 Å². The van der Waals surface area contributed by atoms with Crippen LogP contribution in [-0.4, -0.2) is 34.5 Å². The van der Waals surface area contributed by atoms with E-state index in [1.807, 2.05) is 37.3 Å². The number of hydrogen-bond acceptors (Lipinski definition) is 5. The number of benzene rings is 1. The summed E-state index contributed by atoms with van der Waals surface area (Å²) in [6.07, 6.45) is 1.73. The number of pyridine rings is 1. The molecule has 6 nitrogen and oxygen atoms in total. The summed E-state index contributed by atoms with van der Waals surface area (Å²) in [4.78, 5) is 19.3. The lowest BCUT2D eigenvalue weighted by molar-refractivity contribution is 0.266. The Labute approximate surface area is 172 Å². The van der Waals surface area contributed by atoms with Crippen molar-refractivity contribution in [3.8, 4) is 11.5 Å². The molecule has 0 aliphatic heterocycles. The molecule has 148 valence electrons. The average molecular weight is 446 g/mol. The molecule has 0 unspecified atom stereocenters. The van der Waals surface area contributed by atoms with Gasteiger partial charge in [-0.2, -0.15) is 0 Å². The second kappa shape index (κ2) is 9.21. The zero-order chi connectivity index (χ0) is 20.1. The molecule has 0 aliphatic carbocycles. The minimum Gasteiger partial charge on any atom is -0.493 e. The normalized spacial score (nSPS) is 11.2. The molecule has 3 rings (SSSR count). The van der Waals surface area contributed by atoms with Gasteiger partial charge in [-0.25, -0.2) is 4.98 Å². The van der Waals surface area contributed by atoms with Crippen LogP contribution in [-0.2, 0) is 13.1 Å². The largest absolute Gasteiger partial charge is 0.493 e. The minimum atomic E-state index is -0.0833. The van der Waals surface area contributed by atoms with Crippen molar-refractivity contribution in [3.05, 3.63) is 68.7 Å². The Morgan fingerprint density at radius 2 is 1.93 bits per heavy atom. The number of fused-ring (bicyclic) bond motifs is 1. The quantitative estimate of drug-likeness (QED) is 0.526. The summed E-state index contributed by atoms with van der Waals surface area (Å²) in [6, 6.07) is 11.3. The van der Waals surface area contributed by atoms with E-state index in [-0.39, 0.29) is 5.56 Å². The van der Waals surface area contributed by atoms with Crippen molar-refractivity contribution in [2.24, 2.45) is 0 Å². The lowest BCUT2D eigenvalue weighted by atomic mass is 10.2. The Bertz CT molecular complexity index is 1020. The molecule has 3 aromatic rings. The molecule has 1 aromatic carbocycles. The molecule has 0 amide bonds. The van der Waals surface area contributed by atoms with Crippen molar-refractivity contribution in [2.75, 3.05) is 20.3 Å². The van der Waals surface area contributed by atoms with E-state index in [0.29, 0.717) is 18.8 Å². The van der Waals surface area contributed by atoms with E-state index in [9.17, 15) is 4.79 Å². The second-order valence-electron chi connectivity index (χ2n) is 6.38. The summed E-state index contributed by atoms with van der Waals surface area (Å²) in [5.41, 5.74) is 2.43. The second-order valence-corrected chi connectivity index (χ2v) is 7.30. The van der Waals surface area contributed by atoms with Crippen LogP contribution in [0.5, 0.6) is 11.5 Å². The maximum absolute atomic E-state index is 12.4. The van der Waals surface area contributed by atoms with Crippen LogP contribution in [0.1, 0.15) is 25.1 Å². The third-order valence-corrected chi connectivity index (χ3v) is 4.91. The van der Waals surface area contributed by atoms with Crippen molar-refractivity contribution in [3.63, 3.8) is 0 Å². The molecule has 0 spiro atoms. The Balaban J connectivity index is 1.80. The van der Waals surface area contributed by atoms with E-state index in [1.54, 1.807) is 23.8 Å². The number of halogens is 1. The number of nitrogens with zero attached hydrogens (tertiary/aromatic N) is 3. The fourth-order valence-electron chi connectivity index (χ4n) is 3.06. The number of rotatable bonds is 8. The molecule has 7 heteroatoms. The van der Waals surface area contributed by atoms with Crippen molar-refractivity contribution in [2.45, 2.75) is 26.9 Å². The highest BCUT2D eigenvalue weighted by Crippen LogP contribution is 2.28. The smallest absolute Gasteiger partial charge is 0.258 e. The molecular formula is C21H24BrN3O3. The van der Waals surface area contributed by atoms with Crippen LogP contribution in [0.4, 0.5) is 0 Å². The molecule has 0 radical (unpaired) electrons. The van der Waals surface area contributed by atoms with E-state index in [0.717, 1.165) is 40.3 Å². The summed E-state index contributed by atoms with van der Waals surface area (Å²) in [5.74, 6) is 1.47. The first kappa shape index (κ1) is 20.4. The van der Waals surface area contributed by atoms with Crippen LogP contribution >= 0.6 is 15.9 Å². The van der Waals surface area contributed by atoms with Crippen LogP contribution in [0.15, 0.2) is 51.9 Å².